The molecular weight excluding hydrogens is 240 g/mol. The lowest BCUT2D eigenvalue weighted by atomic mass is 10.2. The van der Waals surface area contributed by atoms with Crippen molar-refractivity contribution in [1.82, 2.24) is 10.6 Å². The second kappa shape index (κ2) is 7.42. The van der Waals surface area contributed by atoms with Crippen LogP contribution in [0.4, 0.5) is 4.79 Å². The third-order valence-corrected chi connectivity index (χ3v) is 4.08. The number of amides is 2. The van der Waals surface area contributed by atoms with E-state index in [9.17, 15) is 9.59 Å². The normalized spacial score (nSPS) is 20.9. The number of hydrogen-bond donors (Lipinski definition) is 3. The van der Waals surface area contributed by atoms with Crippen LogP contribution in [0.2, 0.25) is 0 Å². The molecule has 0 radical (unpaired) electrons. The van der Waals surface area contributed by atoms with Crippen LogP contribution in [-0.2, 0) is 4.79 Å². The second-order valence-electron chi connectivity index (χ2n) is 4.32. The van der Waals surface area contributed by atoms with Gasteiger partial charge in [0.25, 0.3) is 0 Å². The average Bonchev–Trinajstić information content (AvgIpc) is 2.76. The van der Waals surface area contributed by atoms with Gasteiger partial charge in [-0.05, 0) is 31.9 Å². The predicted molar refractivity (Wildman–Crippen MR) is 68.3 cm³/mol. The number of aliphatic carboxylic acids is 1. The molecule has 2 unspecified atom stereocenters. The maximum atomic E-state index is 11.5. The highest BCUT2D eigenvalue weighted by Crippen LogP contribution is 2.25. The zero-order chi connectivity index (χ0) is 12.7. The van der Waals surface area contributed by atoms with E-state index in [1.54, 1.807) is 0 Å². The van der Waals surface area contributed by atoms with E-state index >= 15 is 0 Å². The van der Waals surface area contributed by atoms with E-state index in [-0.39, 0.29) is 18.5 Å². The van der Waals surface area contributed by atoms with Gasteiger partial charge in [0.2, 0.25) is 0 Å². The Morgan fingerprint density at radius 1 is 1.53 bits per heavy atom. The number of carboxylic acids is 1. The highest BCUT2D eigenvalue weighted by Gasteiger charge is 2.16. The molecule has 1 aliphatic heterocycles. The van der Waals surface area contributed by atoms with Gasteiger partial charge in [0.1, 0.15) is 0 Å². The molecule has 98 valence electrons. The molecule has 0 saturated carbocycles. The maximum absolute atomic E-state index is 11.5. The number of thioether (sulfide) groups is 1. The summed E-state index contributed by atoms with van der Waals surface area (Å²) in [5.74, 6) is 0.351. The summed E-state index contributed by atoms with van der Waals surface area (Å²) in [6, 6.07) is -0.308. The lowest BCUT2D eigenvalue weighted by Gasteiger charge is -2.15. The number of urea groups is 1. The fourth-order valence-electron chi connectivity index (χ4n) is 1.70. The van der Waals surface area contributed by atoms with Crippen molar-refractivity contribution in [2.24, 2.45) is 0 Å². The van der Waals surface area contributed by atoms with Gasteiger partial charge >= 0.3 is 12.0 Å². The first-order valence-electron chi connectivity index (χ1n) is 5.95. The van der Waals surface area contributed by atoms with Crippen LogP contribution in [0.1, 0.15) is 32.6 Å². The number of carbonyl (C=O) groups excluding carboxylic acids is 1. The van der Waals surface area contributed by atoms with Gasteiger partial charge in [-0.15, -0.1) is 0 Å². The van der Waals surface area contributed by atoms with E-state index in [2.05, 4.69) is 10.6 Å². The summed E-state index contributed by atoms with van der Waals surface area (Å²) in [6.07, 6.45) is 2.94. The number of carboxylic acid groups (broad SMARTS) is 1. The third-order valence-electron chi connectivity index (χ3n) is 2.68. The topological polar surface area (TPSA) is 78.4 Å². The molecule has 1 aliphatic rings. The Bertz CT molecular complexity index is 267. The minimum absolute atomic E-state index is 0.0833. The summed E-state index contributed by atoms with van der Waals surface area (Å²) >= 11 is 1.90. The Labute approximate surface area is 106 Å². The number of carbonyl (C=O) groups is 2. The SMILES string of the molecule is CC(CCC(=O)O)NC(=O)NCC1CCCS1. The van der Waals surface area contributed by atoms with E-state index in [0.29, 0.717) is 18.2 Å². The Morgan fingerprint density at radius 3 is 2.88 bits per heavy atom. The minimum atomic E-state index is -0.832. The molecule has 0 spiro atoms. The van der Waals surface area contributed by atoms with Crippen molar-refractivity contribution < 1.29 is 14.7 Å². The smallest absolute Gasteiger partial charge is 0.315 e. The van der Waals surface area contributed by atoms with Crippen LogP contribution in [-0.4, -0.2) is 40.7 Å². The minimum Gasteiger partial charge on any atom is -0.481 e. The van der Waals surface area contributed by atoms with Crippen molar-refractivity contribution in [3.8, 4) is 0 Å². The van der Waals surface area contributed by atoms with Gasteiger partial charge in [-0.2, -0.15) is 11.8 Å². The molecule has 1 fully saturated rings. The number of nitrogens with one attached hydrogen (secondary N) is 2. The monoisotopic (exact) mass is 260 g/mol. The molecule has 6 heteroatoms. The van der Waals surface area contributed by atoms with E-state index in [1.807, 2.05) is 18.7 Å². The van der Waals surface area contributed by atoms with Crippen LogP contribution >= 0.6 is 11.8 Å². The van der Waals surface area contributed by atoms with Gasteiger partial charge in [0.15, 0.2) is 0 Å². The Morgan fingerprint density at radius 2 is 2.29 bits per heavy atom. The molecule has 1 rings (SSSR count). The van der Waals surface area contributed by atoms with Crippen LogP contribution in [0.5, 0.6) is 0 Å². The molecule has 5 nitrogen and oxygen atoms in total. The summed E-state index contributed by atoms with van der Waals surface area (Å²) < 4.78 is 0. The molecule has 0 bridgehead atoms. The summed E-state index contributed by atoms with van der Waals surface area (Å²) in [7, 11) is 0. The molecule has 0 aliphatic carbocycles. The van der Waals surface area contributed by atoms with Gasteiger partial charge < -0.3 is 15.7 Å². The molecular formula is C11H20N2O3S. The molecule has 1 heterocycles. The molecule has 2 atom stereocenters. The first kappa shape index (κ1) is 14.2. The Balaban J connectivity index is 2.08. The first-order valence-corrected chi connectivity index (χ1v) is 7.00. The maximum Gasteiger partial charge on any atom is 0.315 e. The van der Waals surface area contributed by atoms with Crippen LogP contribution in [0, 0.1) is 0 Å². The zero-order valence-electron chi connectivity index (χ0n) is 10.1. The van der Waals surface area contributed by atoms with Gasteiger partial charge in [-0.25, -0.2) is 4.79 Å². The standard InChI is InChI=1S/C11H20N2O3S/c1-8(4-5-10(14)15)13-11(16)12-7-9-3-2-6-17-9/h8-9H,2-7H2,1H3,(H,14,15)(H2,12,13,16). The lowest BCUT2D eigenvalue weighted by molar-refractivity contribution is -0.137. The highest BCUT2D eigenvalue weighted by molar-refractivity contribution is 8.00. The fourth-order valence-corrected chi connectivity index (χ4v) is 2.90. The van der Waals surface area contributed by atoms with Gasteiger partial charge in [0.05, 0.1) is 0 Å². The molecule has 1 saturated heterocycles. The van der Waals surface area contributed by atoms with E-state index in [4.69, 9.17) is 5.11 Å². The summed E-state index contributed by atoms with van der Waals surface area (Å²) in [5.41, 5.74) is 0. The van der Waals surface area contributed by atoms with Crippen molar-refractivity contribution in [3.05, 3.63) is 0 Å². The van der Waals surface area contributed by atoms with Crippen molar-refractivity contribution in [1.29, 1.82) is 0 Å². The van der Waals surface area contributed by atoms with Crippen LogP contribution < -0.4 is 10.6 Å². The Hall–Kier alpha value is -0.910. The quantitative estimate of drug-likeness (QED) is 0.675. The van der Waals surface area contributed by atoms with E-state index in [0.717, 1.165) is 0 Å². The van der Waals surface area contributed by atoms with Crippen molar-refractivity contribution in [3.63, 3.8) is 0 Å². The number of hydrogen-bond acceptors (Lipinski definition) is 3. The second-order valence-corrected chi connectivity index (χ2v) is 5.73. The van der Waals surface area contributed by atoms with Crippen molar-refractivity contribution >= 4 is 23.8 Å². The molecule has 3 N–H and O–H groups in total. The van der Waals surface area contributed by atoms with Crippen LogP contribution in [0.15, 0.2) is 0 Å². The molecule has 17 heavy (non-hydrogen) atoms. The van der Waals surface area contributed by atoms with Crippen molar-refractivity contribution in [2.45, 2.75) is 43.9 Å². The molecule has 2 amide bonds. The largest absolute Gasteiger partial charge is 0.481 e. The first-order chi connectivity index (χ1) is 8.08. The van der Waals surface area contributed by atoms with Crippen molar-refractivity contribution in [2.75, 3.05) is 12.3 Å². The lowest BCUT2D eigenvalue weighted by Crippen LogP contribution is -2.42. The third kappa shape index (κ3) is 6.41. The van der Waals surface area contributed by atoms with E-state index < -0.39 is 5.97 Å². The fraction of sp³-hybridized carbons (Fsp3) is 0.818. The van der Waals surface area contributed by atoms with Gasteiger partial charge in [-0.1, -0.05) is 0 Å². The van der Waals surface area contributed by atoms with E-state index in [1.165, 1.54) is 18.6 Å². The summed E-state index contributed by atoms with van der Waals surface area (Å²) in [4.78, 5) is 21.8. The average molecular weight is 260 g/mol. The van der Waals surface area contributed by atoms with Gasteiger partial charge in [-0.3, -0.25) is 4.79 Å². The molecule has 0 aromatic carbocycles. The highest BCUT2D eigenvalue weighted by atomic mass is 32.2. The van der Waals surface area contributed by atoms with Crippen LogP contribution in [0.25, 0.3) is 0 Å². The zero-order valence-corrected chi connectivity index (χ0v) is 10.9. The summed E-state index contributed by atoms with van der Waals surface area (Å²) in [5, 5.41) is 14.6. The molecule has 0 aromatic heterocycles. The number of rotatable bonds is 6. The predicted octanol–water partition coefficient (Wildman–Crippen LogP) is 1.43. The Kier molecular flexibility index (Phi) is 6.18. The van der Waals surface area contributed by atoms with Gasteiger partial charge in [0, 0.05) is 24.3 Å². The molecule has 0 aromatic rings. The van der Waals surface area contributed by atoms with Crippen LogP contribution in [0.3, 0.4) is 0 Å². The summed E-state index contributed by atoms with van der Waals surface area (Å²) in [6.45, 7) is 2.51.